The minimum absolute atomic E-state index is 0.00135. The Hall–Kier alpha value is -6.88. The highest BCUT2D eigenvalue weighted by Crippen LogP contribution is 2.45. The molecule has 0 aliphatic rings. The van der Waals surface area contributed by atoms with Crippen LogP contribution in [-0.4, -0.2) is 96.7 Å². The summed E-state index contributed by atoms with van der Waals surface area (Å²) in [5.41, 5.74) is 0. The SMILES string of the molecule is CC/C=C\C/C=C\C/C=C\C/C=C\C/C=C\CCCC(=O)OCC(COP(=O)(O)OCC(O)COP(=O)(O)OCC(COC(=O)CCCCCCCC/C=C\C/C=C\C/C=C\C/C=C\CC)OC(=O)CCC/C=C\C/C=C\C/C=C\C/C=C\C/C=C\CC)OC(=O)C/C=C\C/C=C\C/C=C\C/C=C\C/C=C\CC. The number of aliphatic hydroxyl groups is 1. The van der Waals surface area contributed by atoms with Crippen molar-refractivity contribution in [3.8, 4) is 0 Å². The molecule has 604 valence electrons. The van der Waals surface area contributed by atoms with Gasteiger partial charge in [-0.2, -0.15) is 0 Å². The van der Waals surface area contributed by atoms with Gasteiger partial charge in [0.1, 0.15) is 19.3 Å². The molecule has 0 spiro atoms. The number of esters is 4. The lowest BCUT2D eigenvalue weighted by Crippen LogP contribution is -2.30. The normalized spacial score (nSPS) is 15.1. The zero-order valence-corrected chi connectivity index (χ0v) is 67.7. The molecule has 0 amide bonds. The minimum atomic E-state index is -5.03. The summed E-state index contributed by atoms with van der Waals surface area (Å²) in [6.07, 6.45) is 101. The van der Waals surface area contributed by atoms with Crippen molar-refractivity contribution in [1.82, 2.24) is 0 Å². The fraction of sp³-hybridized carbons (Fsp3) is 0.528. The maximum Gasteiger partial charge on any atom is 0.472 e. The van der Waals surface area contributed by atoms with Gasteiger partial charge in [0.15, 0.2) is 12.2 Å². The zero-order chi connectivity index (χ0) is 78.9. The Bertz CT molecular complexity index is 2960. The number of hydrogen-bond acceptors (Lipinski definition) is 15. The first-order valence-electron chi connectivity index (χ1n) is 39.6. The first-order valence-corrected chi connectivity index (χ1v) is 42.6. The second-order valence-corrected chi connectivity index (χ2v) is 28.0. The van der Waals surface area contributed by atoms with Crippen molar-refractivity contribution in [2.75, 3.05) is 39.6 Å². The average Bonchev–Trinajstić information content (AvgIpc) is 0.906. The topological polar surface area (TPSA) is 237 Å². The summed E-state index contributed by atoms with van der Waals surface area (Å²) in [5, 5.41) is 10.6. The number of aliphatic hydroxyl groups excluding tert-OH is 1. The lowest BCUT2D eigenvalue weighted by molar-refractivity contribution is -0.161. The van der Waals surface area contributed by atoms with Gasteiger partial charge in [-0.1, -0.05) is 284 Å². The van der Waals surface area contributed by atoms with Crippen LogP contribution >= 0.6 is 15.6 Å². The Morgan fingerprint density at radius 1 is 0.269 bits per heavy atom. The van der Waals surface area contributed by atoms with Gasteiger partial charge in [-0.05, 0) is 167 Å². The van der Waals surface area contributed by atoms with Crippen molar-refractivity contribution >= 4 is 39.5 Å². The van der Waals surface area contributed by atoms with Gasteiger partial charge in [0.25, 0.3) is 0 Å². The van der Waals surface area contributed by atoms with Crippen LogP contribution in [0.1, 0.15) is 246 Å². The number of rotatable bonds is 71. The van der Waals surface area contributed by atoms with E-state index in [0.29, 0.717) is 38.5 Å². The predicted octanol–water partition coefficient (Wildman–Crippen LogP) is 23.4. The van der Waals surface area contributed by atoms with E-state index in [1.807, 2.05) is 36.5 Å². The summed E-state index contributed by atoms with van der Waals surface area (Å²) in [6, 6.07) is 0. The molecule has 0 saturated heterocycles. The molecule has 5 unspecified atom stereocenters. The van der Waals surface area contributed by atoms with E-state index in [9.17, 15) is 43.2 Å². The molecule has 0 aliphatic carbocycles. The van der Waals surface area contributed by atoms with Gasteiger partial charge in [0.2, 0.25) is 0 Å². The molecule has 19 heteroatoms. The van der Waals surface area contributed by atoms with Crippen LogP contribution in [0.5, 0.6) is 0 Å². The van der Waals surface area contributed by atoms with Crippen LogP contribution in [0.3, 0.4) is 0 Å². The number of phosphoric acid groups is 2. The first kappa shape index (κ1) is 101. The monoisotopic (exact) mass is 1540 g/mol. The van der Waals surface area contributed by atoms with Crippen molar-refractivity contribution in [1.29, 1.82) is 0 Å². The van der Waals surface area contributed by atoms with E-state index in [4.69, 9.17) is 37.0 Å². The Kier molecular flexibility index (Phi) is 73.3. The zero-order valence-electron chi connectivity index (χ0n) is 65.9. The second kappa shape index (κ2) is 78.2. The van der Waals surface area contributed by atoms with Gasteiger partial charge in [0.05, 0.1) is 32.8 Å². The molecule has 0 fully saturated rings. The van der Waals surface area contributed by atoms with Gasteiger partial charge < -0.3 is 33.8 Å². The van der Waals surface area contributed by atoms with E-state index in [-0.39, 0.29) is 25.7 Å². The molecule has 0 heterocycles. The molecule has 3 N–H and O–H groups in total. The van der Waals surface area contributed by atoms with E-state index in [1.165, 1.54) is 0 Å². The number of allylic oxidation sites excluding steroid dienone is 37. The molecule has 0 aromatic heterocycles. The average molecular weight is 1540 g/mol. The second-order valence-electron chi connectivity index (χ2n) is 25.1. The number of carbonyl (C=O) groups excluding carboxylic acids is 4. The third kappa shape index (κ3) is 77.3. The maximum absolute atomic E-state index is 13.1. The smallest absolute Gasteiger partial charge is 0.462 e. The largest absolute Gasteiger partial charge is 0.472 e. The van der Waals surface area contributed by atoms with Gasteiger partial charge in [-0.15, -0.1) is 0 Å². The summed E-state index contributed by atoms with van der Waals surface area (Å²) in [5.74, 6) is -2.51. The molecule has 5 atom stereocenters. The van der Waals surface area contributed by atoms with Crippen LogP contribution in [0.2, 0.25) is 0 Å². The Morgan fingerprint density at radius 3 is 0.815 bits per heavy atom. The number of unbranched alkanes of at least 4 members (excludes halogenated alkanes) is 8. The number of hydrogen-bond donors (Lipinski definition) is 3. The highest BCUT2D eigenvalue weighted by molar-refractivity contribution is 7.47. The van der Waals surface area contributed by atoms with Gasteiger partial charge in [-0.25, -0.2) is 9.13 Å². The summed E-state index contributed by atoms with van der Waals surface area (Å²) in [7, 11) is -10.1. The van der Waals surface area contributed by atoms with Crippen LogP contribution in [0.25, 0.3) is 0 Å². The third-order valence-corrected chi connectivity index (χ3v) is 17.0. The minimum Gasteiger partial charge on any atom is -0.462 e. The Morgan fingerprint density at radius 2 is 0.500 bits per heavy atom. The summed E-state index contributed by atoms with van der Waals surface area (Å²) >= 11 is 0. The van der Waals surface area contributed by atoms with Crippen LogP contribution in [0.15, 0.2) is 231 Å². The van der Waals surface area contributed by atoms with Gasteiger partial charge in [-0.3, -0.25) is 37.3 Å². The summed E-state index contributed by atoms with van der Waals surface area (Å²) in [6.45, 7) is 4.10. The molecule has 0 aromatic carbocycles. The van der Waals surface area contributed by atoms with Crippen LogP contribution < -0.4 is 0 Å². The van der Waals surface area contributed by atoms with Crippen LogP contribution in [0.4, 0.5) is 0 Å². The van der Waals surface area contributed by atoms with Crippen molar-refractivity contribution in [2.45, 2.75) is 264 Å². The lowest BCUT2D eigenvalue weighted by Gasteiger charge is -2.21. The molecular formula is C89H136O17P2. The summed E-state index contributed by atoms with van der Waals surface area (Å²) in [4.78, 5) is 73.0. The van der Waals surface area contributed by atoms with Gasteiger partial charge in [0, 0.05) is 19.3 Å². The maximum atomic E-state index is 13.1. The molecule has 108 heavy (non-hydrogen) atoms. The number of carbonyl (C=O) groups is 4. The standard InChI is InChI=1S/C89H136O17P2/c1-5-9-13-17-21-25-29-33-37-40-41-44-47-50-54-58-62-66-70-74-87(92)100-80-85(106-89(94)76-72-68-64-60-56-52-48-43-39-35-31-27-23-19-15-11-7-3)82-104-108(97,98)102-78-83(90)77-101-107(95,96)103-81-84(105-88(93)75-71-67-63-59-55-51-45-36-32-28-24-20-16-12-8-4)79-99-86(91)73-69-65-61-57-53-49-46-42-38-34-30-26-22-18-14-10-6-2/h9-16,21-28,33-39,41,44-46,48-49,52,55,57,59-61,64,67,71,83-85,90H,5-8,17-20,29-32,40,42-43,47,50-51,53-54,56,58,62-63,65-66,68-70,72-82H2,1-4H3,(H,95,96)(H,97,98)/b13-9-,14-10-,15-11-,16-12-,25-21-,26-22-,27-23-,28-24-,37-33-,38-34-,39-35-,44-41-,45-36-,49-46-,52-48-,59-55-,61-57-,64-60-,71-67-. The fourth-order valence-electron chi connectivity index (χ4n) is 9.30. The van der Waals surface area contributed by atoms with Crippen LogP contribution in [0, 0.1) is 0 Å². The van der Waals surface area contributed by atoms with E-state index in [2.05, 4.69) is 210 Å². The quantitative estimate of drug-likeness (QED) is 0.0169. The highest BCUT2D eigenvalue weighted by atomic mass is 31.2. The molecule has 0 radical (unpaired) electrons. The van der Waals surface area contributed by atoms with E-state index < -0.39 is 97.5 Å². The highest BCUT2D eigenvalue weighted by Gasteiger charge is 2.30. The third-order valence-electron chi connectivity index (χ3n) is 15.1. The van der Waals surface area contributed by atoms with E-state index in [1.54, 1.807) is 12.2 Å². The van der Waals surface area contributed by atoms with Crippen molar-refractivity contribution in [3.63, 3.8) is 0 Å². The van der Waals surface area contributed by atoms with Crippen LogP contribution in [-0.2, 0) is 65.4 Å². The van der Waals surface area contributed by atoms with E-state index >= 15 is 0 Å². The van der Waals surface area contributed by atoms with Crippen molar-refractivity contribution in [3.05, 3.63) is 231 Å². The molecule has 0 rings (SSSR count). The molecule has 0 bridgehead atoms. The number of phosphoric ester groups is 2. The van der Waals surface area contributed by atoms with E-state index in [0.717, 1.165) is 154 Å². The van der Waals surface area contributed by atoms with Gasteiger partial charge >= 0.3 is 39.5 Å². The molecular weight excluding hydrogens is 1400 g/mol. The predicted molar refractivity (Wildman–Crippen MR) is 444 cm³/mol. The molecule has 17 nitrogen and oxygen atoms in total. The summed E-state index contributed by atoms with van der Waals surface area (Å²) < 4.78 is 68.3. The molecule has 0 aliphatic heterocycles. The fourth-order valence-corrected chi connectivity index (χ4v) is 10.9. The molecule has 0 aromatic rings. The Balaban J connectivity index is 5.58. The van der Waals surface area contributed by atoms with Crippen molar-refractivity contribution in [2.24, 2.45) is 0 Å². The number of ether oxygens (including phenoxy) is 4. The van der Waals surface area contributed by atoms with Crippen molar-refractivity contribution < 1.29 is 80.2 Å². The molecule has 0 saturated carbocycles. The lowest BCUT2D eigenvalue weighted by atomic mass is 10.1. The Labute approximate surface area is 651 Å². The first-order chi connectivity index (χ1) is 52.7.